The van der Waals surface area contributed by atoms with Gasteiger partial charge >= 0.3 is 0 Å². The van der Waals surface area contributed by atoms with Gasteiger partial charge in [-0.3, -0.25) is 13.9 Å². The first-order valence-electron chi connectivity index (χ1n) is 17.1. The molecule has 0 saturated heterocycles. The molecule has 0 aliphatic rings. The molecule has 17 heteroatoms. The summed E-state index contributed by atoms with van der Waals surface area (Å²) in [5, 5.41) is 24.1. The van der Waals surface area contributed by atoms with E-state index in [1.165, 1.54) is 23.5 Å². The molecule has 2 N–H and O–H groups in total. The largest absolute Gasteiger partial charge is 0.472 e. The Hall–Kier alpha value is -4.42. The van der Waals surface area contributed by atoms with Crippen LogP contribution in [0, 0.1) is 0 Å². The molecule has 0 fully saturated rings. The van der Waals surface area contributed by atoms with Gasteiger partial charge in [-0.25, -0.2) is 0 Å². The lowest BCUT2D eigenvalue weighted by molar-refractivity contribution is -0.114. The van der Waals surface area contributed by atoms with Gasteiger partial charge in [-0.05, 0) is 107 Å². The first-order valence-corrected chi connectivity index (χ1v) is 21.1. The number of anilines is 2. The van der Waals surface area contributed by atoms with E-state index < -0.39 is 0 Å². The number of benzene rings is 2. The average Bonchev–Trinajstić information content (AvgIpc) is 4.02. The molecule has 6 rings (SSSR count). The SMILES string of the molecule is CC.CCn1c(SCC(=O)Nc2ccc(SC)cc2)nnc1-c1ccoc1.CCn1c(SCC(=O)Nc2ccc(SN(C)C)cc2)nnc1-c1ccoc1. The van der Waals surface area contributed by atoms with Gasteiger partial charge in [0.25, 0.3) is 0 Å². The number of aromatic nitrogens is 6. The Labute approximate surface area is 333 Å². The number of carbonyl (C=O) groups is 2. The minimum absolute atomic E-state index is 0.0718. The highest BCUT2D eigenvalue weighted by Crippen LogP contribution is 2.27. The monoisotopic (exact) mass is 807 g/mol. The number of thioether (sulfide) groups is 3. The number of furan rings is 2. The Morgan fingerprint density at radius 2 is 1.09 bits per heavy atom. The first-order chi connectivity index (χ1) is 26.3. The fourth-order valence-electron chi connectivity index (χ4n) is 4.71. The fraction of sp³-hybridized carbons (Fsp3) is 0.297. The molecule has 0 radical (unpaired) electrons. The van der Waals surface area contributed by atoms with Gasteiger partial charge in [0.1, 0.15) is 12.5 Å². The van der Waals surface area contributed by atoms with Crippen molar-refractivity contribution < 1.29 is 18.4 Å². The van der Waals surface area contributed by atoms with Crippen LogP contribution >= 0.6 is 47.2 Å². The van der Waals surface area contributed by atoms with E-state index in [0.717, 1.165) is 43.9 Å². The van der Waals surface area contributed by atoms with Crippen LogP contribution in [-0.4, -0.2) is 77.5 Å². The minimum Gasteiger partial charge on any atom is -0.472 e. The van der Waals surface area contributed by atoms with Gasteiger partial charge < -0.3 is 28.6 Å². The van der Waals surface area contributed by atoms with Crippen LogP contribution in [0.2, 0.25) is 0 Å². The summed E-state index contributed by atoms with van der Waals surface area (Å²) >= 11 is 6.03. The first kappa shape index (κ1) is 42.3. The highest BCUT2D eigenvalue weighted by Gasteiger charge is 2.17. The minimum atomic E-state index is -0.0801. The zero-order valence-electron chi connectivity index (χ0n) is 31.3. The average molecular weight is 808 g/mol. The van der Waals surface area contributed by atoms with Crippen molar-refractivity contribution in [3.8, 4) is 22.8 Å². The predicted octanol–water partition coefficient (Wildman–Crippen LogP) is 8.89. The lowest BCUT2D eigenvalue weighted by atomic mass is 10.3. The van der Waals surface area contributed by atoms with E-state index in [9.17, 15) is 9.59 Å². The Bertz CT molecular complexity index is 2000. The predicted molar refractivity (Wildman–Crippen MR) is 221 cm³/mol. The molecular formula is C37H45N9O4S4. The molecule has 13 nitrogen and oxygen atoms in total. The number of nitrogens with zero attached hydrogens (tertiary/aromatic N) is 7. The number of hydrogen-bond donors (Lipinski definition) is 2. The summed E-state index contributed by atoms with van der Waals surface area (Å²) in [5.41, 5.74) is 3.31. The van der Waals surface area contributed by atoms with Crippen LogP contribution in [-0.2, 0) is 22.7 Å². The summed E-state index contributed by atoms with van der Waals surface area (Å²) in [6.45, 7) is 9.46. The second-order valence-corrected chi connectivity index (χ2v) is 15.1. The van der Waals surface area contributed by atoms with Gasteiger partial charge in [0.2, 0.25) is 11.8 Å². The molecule has 0 aliphatic carbocycles. The summed E-state index contributed by atoms with van der Waals surface area (Å²) in [6, 6.07) is 19.2. The smallest absolute Gasteiger partial charge is 0.234 e. The van der Waals surface area contributed by atoms with E-state index in [1.54, 1.807) is 48.8 Å². The highest BCUT2D eigenvalue weighted by atomic mass is 32.2. The molecule has 6 aromatic rings. The van der Waals surface area contributed by atoms with Crippen molar-refractivity contribution >= 4 is 70.4 Å². The van der Waals surface area contributed by atoms with E-state index in [1.807, 2.05) is 122 Å². The molecule has 0 unspecified atom stereocenters. The Morgan fingerprint density at radius 1 is 0.667 bits per heavy atom. The van der Waals surface area contributed by atoms with Crippen molar-refractivity contribution in [2.24, 2.45) is 0 Å². The maximum atomic E-state index is 12.3. The second kappa shape index (κ2) is 22.1. The fourth-order valence-corrected chi connectivity index (χ4v) is 7.40. The van der Waals surface area contributed by atoms with Crippen LogP contribution < -0.4 is 10.6 Å². The third-order valence-electron chi connectivity index (χ3n) is 7.09. The molecule has 4 aromatic heterocycles. The number of rotatable bonds is 15. The van der Waals surface area contributed by atoms with Crippen molar-refractivity contribution in [1.82, 2.24) is 33.8 Å². The summed E-state index contributed by atoms with van der Waals surface area (Å²) in [5.74, 6) is 1.86. The van der Waals surface area contributed by atoms with E-state index >= 15 is 0 Å². The standard InChI is InChI=1S/C18H21N5O2S2.C17H18N4O2S2.C2H6/c1-4-23-17(13-9-10-25-11-13)20-21-18(23)26-12-16(24)19-14-5-7-15(8-6-14)27-22(2)3;1-3-21-16(12-8-9-23-10-12)19-20-17(21)25-11-15(22)18-13-4-6-14(24-2)7-5-13;1-2/h5-11H,4,12H2,1-3H3,(H,19,24);4-10H,3,11H2,1-2H3,(H,18,22);1-2H3. The summed E-state index contributed by atoms with van der Waals surface area (Å²) in [4.78, 5) is 26.7. The molecule has 2 amide bonds. The molecule has 0 spiro atoms. The lowest BCUT2D eigenvalue weighted by Crippen LogP contribution is -2.14. The molecule has 4 heterocycles. The van der Waals surface area contributed by atoms with Gasteiger partial charge in [0.05, 0.1) is 35.2 Å². The summed E-state index contributed by atoms with van der Waals surface area (Å²) in [6.07, 6.45) is 8.50. The van der Waals surface area contributed by atoms with Gasteiger partial charge in [-0.2, -0.15) is 0 Å². The van der Waals surface area contributed by atoms with Crippen LogP contribution in [0.1, 0.15) is 27.7 Å². The van der Waals surface area contributed by atoms with Crippen LogP contribution in [0.4, 0.5) is 11.4 Å². The molecule has 0 atom stereocenters. The maximum absolute atomic E-state index is 12.3. The quantitative estimate of drug-likeness (QED) is 0.0752. The van der Waals surface area contributed by atoms with Crippen molar-refractivity contribution in [3.05, 3.63) is 85.7 Å². The maximum Gasteiger partial charge on any atom is 0.234 e. The molecule has 2 aromatic carbocycles. The highest BCUT2D eigenvalue weighted by molar-refractivity contribution is 8.00. The Morgan fingerprint density at radius 3 is 1.44 bits per heavy atom. The van der Waals surface area contributed by atoms with Crippen molar-refractivity contribution in [1.29, 1.82) is 0 Å². The van der Waals surface area contributed by atoms with Crippen molar-refractivity contribution in [2.45, 2.75) is 60.9 Å². The molecule has 54 heavy (non-hydrogen) atoms. The normalized spacial score (nSPS) is 10.7. The van der Waals surface area contributed by atoms with Gasteiger partial charge in [0, 0.05) is 34.3 Å². The van der Waals surface area contributed by atoms with Gasteiger partial charge in [-0.15, -0.1) is 32.2 Å². The molecular weight excluding hydrogens is 763 g/mol. The Kier molecular flexibility index (Phi) is 17.3. The van der Waals surface area contributed by atoms with Gasteiger partial charge in [0.15, 0.2) is 22.0 Å². The van der Waals surface area contributed by atoms with Crippen LogP contribution in [0.5, 0.6) is 0 Å². The number of carbonyl (C=O) groups excluding carboxylic acids is 2. The van der Waals surface area contributed by atoms with Crippen LogP contribution in [0.25, 0.3) is 22.8 Å². The zero-order chi connectivity index (χ0) is 38.9. The van der Waals surface area contributed by atoms with E-state index in [0.29, 0.717) is 23.4 Å². The van der Waals surface area contributed by atoms with Crippen LogP contribution in [0.3, 0.4) is 0 Å². The van der Waals surface area contributed by atoms with Crippen LogP contribution in [0.15, 0.2) is 115 Å². The van der Waals surface area contributed by atoms with E-state index in [2.05, 4.69) is 31.0 Å². The number of nitrogens with one attached hydrogen (secondary N) is 2. The topological polar surface area (TPSA) is 149 Å². The van der Waals surface area contributed by atoms with E-state index in [-0.39, 0.29) is 23.3 Å². The third-order valence-corrected chi connectivity index (χ3v) is 10.6. The number of amides is 2. The van der Waals surface area contributed by atoms with Crippen molar-refractivity contribution in [3.63, 3.8) is 0 Å². The second-order valence-electron chi connectivity index (χ2n) is 11.0. The zero-order valence-corrected chi connectivity index (χ0v) is 34.6. The molecule has 286 valence electrons. The molecule has 0 saturated carbocycles. The summed E-state index contributed by atoms with van der Waals surface area (Å²) in [7, 11) is 3.98. The Balaban J connectivity index is 0.000000231. The molecule has 0 bridgehead atoms. The number of hydrogen-bond acceptors (Lipinski definition) is 13. The third kappa shape index (κ3) is 12.3. The van der Waals surface area contributed by atoms with E-state index in [4.69, 9.17) is 8.83 Å². The van der Waals surface area contributed by atoms with Crippen molar-refractivity contribution in [2.75, 3.05) is 42.5 Å². The lowest BCUT2D eigenvalue weighted by Gasteiger charge is -2.10. The van der Waals surface area contributed by atoms with Gasteiger partial charge in [-0.1, -0.05) is 37.4 Å². The molecule has 0 aliphatic heterocycles. The summed E-state index contributed by atoms with van der Waals surface area (Å²) < 4.78 is 16.2.